The summed E-state index contributed by atoms with van der Waals surface area (Å²) in [7, 11) is 1.67. The molecular formula is C13H12Br3NOS. The van der Waals surface area contributed by atoms with E-state index in [4.69, 9.17) is 10.5 Å². The number of hydrogen-bond acceptors (Lipinski definition) is 3. The van der Waals surface area contributed by atoms with Gasteiger partial charge in [-0.2, -0.15) is 0 Å². The van der Waals surface area contributed by atoms with Crippen molar-refractivity contribution in [2.45, 2.75) is 12.5 Å². The summed E-state index contributed by atoms with van der Waals surface area (Å²) in [6, 6.07) is 7.96. The Labute approximate surface area is 141 Å². The van der Waals surface area contributed by atoms with Crippen molar-refractivity contribution in [3.05, 3.63) is 47.4 Å². The van der Waals surface area contributed by atoms with E-state index in [9.17, 15) is 0 Å². The van der Waals surface area contributed by atoms with Gasteiger partial charge >= 0.3 is 0 Å². The van der Waals surface area contributed by atoms with Crippen molar-refractivity contribution in [2.75, 3.05) is 7.11 Å². The van der Waals surface area contributed by atoms with Crippen LogP contribution in [-0.2, 0) is 6.42 Å². The molecule has 0 fully saturated rings. The highest BCUT2D eigenvalue weighted by molar-refractivity contribution is 9.13. The van der Waals surface area contributed by atoms with Crippen molar-refractivity contribution in [1.82, 2.24) is 0 Å². The number of halogens is 3. The molecule has 19 heavy (non-hydrogen) atoms. The molecule has 1 unspecified atom stereocenters. The van der Waals surface area contributed by atoms with Crippen LogP contribution in [0.1, 0.15) is 16.5 Å². The van der Waals surface area contributed by atoms with E-state index in [1.165, 1.54) is 0 Å². The fourth-order valence-corrected chi connectivity index (χ4v) is 4.22. The average Bonchev–Trinajstić information content (AvgIpc) is 2.72. The van der Waals surface area contributed by atoms with Crippen molar-refractivity contribution in [3.63, 3.8) is 0 Å². The monoisotopic (exact) mass is 467 g/mol. The maximum atomic E-state index is 6.28. The van der Waals surface area contributed by atoms with E-state index in [0.717, 1.165) is 35.3 Å². The zero-order valence-electron chi connectivity index (χ0n) is 10.1. The van der Waals surface area contributed by atoms with E-state index in [-0.39, 0.29) is 6.04 Å². The van der Waals surface area contributed by atoms with Crippen molar-refractivity contribution in [2.24, 2.45) is 5.73 Å². The van der Waals surface area contributed by atoms with Crippen molar-refractivity contribution in [3.8, 4) is 5.75 Å². The van der Waals surface area contributed by atoms with E-state index in [1.807, 2.05) is 18.2 Å². The number of methoxy groups -OCH3 is 1. The van der Waals surface area contributed by atoms with Gasteiger partial charge in [-0.25, -0.2) is 0 Å². The van der Waals surface area contributed by atoms with Gasteiger partial charge in [-0.1, -0.05) is 15.9 Å². The molecule has 2 aromatic rings. The first-order valence-electron chi connectivity index (χ1n) is 5.54. The fraction of sp³-hybridized carbons (Fsp3) is 0.231. The van der Waals surface area contributed by atoms with E-state index < -0.39 is 0 Å². The van der Waals surface area contributed by atoms with Crippen LogP contribution in [0.4, 0.5) is 0 Å². The highest BCUT2D eigenvalue weighted by atomic mass is 79.9. The molecule has 2 nitrogen and oxygen atoms in total. The minimum absolute atomic E-state index is 0.0315. The van der Waals surface area contributed by atoms with Gasteiger partial charge in [-0.15, -0.1) is 11.3 Å². The summed E-state index contributed by atoms with van der Waals surface area (Å²) < 4.78 is 8.42. The fourth-order valence-electron chi connectivity index (χ4n) is 1.72. The SMILES string of the molecule is COc1ccc(Br)c(CC(N)c2cc(Br)c(Br)s2)c1. The zero-order chi connectivity index (χ0) is 14.0. The van der Waals surface area contributed by atoms with Gasteiger partial charge in [0.05, 0.1) is 10.9 Å². The Balaban J connectivity index is 2.20. The van der Waals surface area contributed by atoms with Gasteiger partial charge in [0.15, 0.2) is 0 Å². The first-order valence-corrected chi connectivity index (χ1v) is 8.73. The quantitative estimate of drug-likeness (QED) is 0.660. The Kier molecular flexibility index (Phi) is 5.48. The van der Waals surface area contributed by atoms with E-state index in [0.29, 0.717) is 0 Å². The van der Waals surface area contributed by atoms with Crippen molar-refractivity contribution in [1.29, 1.82) is 0 Å². The lowest BCUT2D eigenvalue weighted by Gasteiger charge is -2.12. The van der Waals surface area contributed by atoms with Crippen molar-refractivity contribution < 1.29 is 4.74 Å². The summed E-state index contributed by atoms with van der Waals surface area (Å²) in [6.45, 7) is 0. The highest BCUT2D eigenvalue weighted by Crippen LogP contribution is 2.36. The third kappa shape index (κ3) is 3.82. The Morgan fingerprint density at radius 3 is 2.53 bits per heavy atom. The molecule has 1 aromatic heterocycles. The normalized spacial score (nSPS) is 12.5. The molecular weight excluding hydrogens is 458 g/mol. The van der Waals surface area contributed by atoms with E-state index >= 15 is 0 Å². The lowest BCUT2D eigenvalue weighted by molar-refractivity contribution is 0.414. The molecule has 0 amide bonds. The Hall–Kier alpha value is 0.120. The van der Waals surface area contributed by atoms with Crippen LogP contribution in [0.3, 0.4) is 0 Å². The molecule has 0 aliphatic carbocycles. The topological polar surface area (TPSA) is 35.2 Å². The standard InChI is InChI=1S/C13H12Br3NOS/c1-18-8-2-3-9(14)7(4-8)5-11(17)12-6-10(15)13(16)19-12/h2-4,6,11H,5,17H2,1H3. The predicted molar refractivity (Wildman–Crippen MR) is 91.0 cm³/mol. The molecule has 0 bridgehead atoms. The second kappa shape index (κ2) is 6.72. The number of nitrogens with two attached hydrogens (primary N) is 1. The number of rotatable bonds is 4. The minimum Gasteiger partial charge on any atom is -0.497 e. The molecule has 0 saturated carbocycles. The summed E-state index contributed by atoms with van der Waals surface area (Å²) in [5.41, 5.74) is 7.42. The molecule has 0 aliphatic heterocycles. The second-order valence-electron chi connectivity index (χ2n) is 4.04. The zero-order valence-corrected chi connectivity index (χ0v) is 15.7. The third-order valence-corrected chi connectivity index (χ3v) is 6.88. The molecule has 0 aliphatic rings. The first-order chi connectivity index (χ1) is 9.01. The van der Waals surface area contributed by atoms with Gasteiger partial charge in [0.2, 0.25) is 0 Å². The van der Waals surface area contributed by atoms with Gasteiger partial charge in [0.25, 0.3) is 0 Å². The van der Waals surface area contributed by atoms with E-state index in [1.54, 1.807) is 18.4 Å². The summed E-state index contributed by atoms with van der Waals surface area (Å²) in [6.07, 6.45) is 0.761. The van der Waals surface area contributed by atoms with Crippen LogP contribution in [-0.4, -0.2) is 7.11 Å². The van der Waals surface area contributed by atoms with Crippen molar-refractivity contribution >= 4 is 59.1 Å². The minimum atomic E-state index is -0.0315. The molecule has 102 valence electrons. The molecule has 1 aromatic carbocycles. The Morgan fingerprint density at radius 2 is 1.95 bits per heavy atom. The lowest BCUT2D eigenvalue weighted by Crippen LogP contribution is -2.12. The number of benzene rings is 1. The van der Waals surface area contributed by atoms with Crippen LogP contribution in [0, 0.1) is 0 Å². The largest absolute Gasteiger partial charge is 0.497 e. The van der Waals surface area contributed by atoms with Crippen LogP contribution in [0.25, 0.3) is 0 Å². The summed E-state index contributed by atoms with van der Waals surface area (Å²) in [5.74, 6) is 0.846. The average molecular weight is 470 g/mol. The Morgan fingerprint density at radius 1 is 1.21 bits per heavy atom. The summed E-state index contributed by atoms with van der Waals surface area (Å²) in [4.78, 5) is 1.15. The number of ether oxygens (including phenoxy) is 1. The lowest BCUT2D eigenvalue weighted by atomic mass is 10.1. The van der Waals surface area contributed by atoms with Crippen LogP contribution < -0.4 is 10.5 Å². The second-order valence-corrected chi connectivity index (χ2v) is 8.15. The van der Waals surface area contributed by atoms with Gasteiger partial charge in [-0.05, 0) is 68.1 Å². The molecule has 1 heterocycles. The molecule has 2 N–H and O–H groups in total. The molecule has 0 saturated heterocycles. The summed E-state index contributed by atoms with van der Waals surface area (Å²) in [5, 5.41) is 0. The summed E-state index contributed by atoms with van der Waals surface area (Å²) >= 11 is 12.2. The van der Waals surface area contributed by atoms with Gasteiger partial charge in [0.1, 0.15) is 5.75 Å². The van der Waals surface area contributed by atoms with Gasteiger partial charge < -0.3 is 10.5 Å². The predicted octanol–water partition coefficient (Wildman–Crippen LogP) is 5.29. The Bertz CT molecular complexity index is 566. The van der Waals surface area contributed by atoms with Crippen LogP contribution in [0.2, 0.25) is 0 Å². The maximum absolute atomic E-state index is 6.28. The van der Waals surface area contributed by atoms with Crippen LogP contribution in [0.5, 0.6) is 5.75 Å². The molecule has 6 heteroatoms. The van der Waals surface area contributed by atoms with Crippen LogP contribution >= 0.6 is 59.1 Å². The molecule has 0 spiro atoms. The van der Waals surface area contributed by atoms with E-state index in [2.05, 4.69) is 53.9 Å². The van der Waals surface area contributed by atoms with Gasteiger partial charge in [-0.3, -0.25) is 0 Å². The molecule has 0 radical (unpaired) electrons. The third-order valence-electron chi connectivity index (χ3n) is 2.72. The molecule has 1 atom stereocenters. The number of hydrogen-bond donors (Lipinski definition) is 1. The number of thiophene rings is 1. The first kappa shape index (κ1) is 15.5. The smallest absolute Gasteiger partial charge is 0.119 e. The maximum Gasteiger partial charge on any atom is 0.119 e. The van der Waals surface area contributed by atoms with Gasteiger partial charge in [0, 0.05) is 19.9 Å². The highest BCUT2D eigenvalue weighted by Gasteiger charge is 2.14. The molecule has 2 rings (SSSR count). The van der Waals surface area contributed by atoms with Crippen LogP contribution in [0.15, 0.2) is 37.0 Å².